The largest absolute Gasteiger partial charge is 0.481 e. The van der Waals surface area contributed by atoms with E-state index in [0.29, 0.717) is 23.8 Å². The van der Waals surface area contributed by atoms with Crippen molar-refractivity contribution in [2.24, 2.45) is 0 Å². The molecule has 0 aliphatic carbocycles. The number of aliphatic carboxylic acids is 1. The zero-order valence-electron chi connectivity index (χ0n) is 18.7. The van der Waals surface area contributed by atoms with E-state index in [4.69, 9.17) is 21.8 Å². The molecule has 1 aliphatic heterocycles. The summed E-state index contributed by atoms with van der Waals surface area (Å²) in [5, 5.41) is 14.6. The predicted octanol–water partition coefficient (Wildman–Crippen LogP) is 5.61. The number of rotatable bonds is 9. The van der Waals surface area contributed by atoms with Crippen LogP contribution in [-0.2, 0) is 17.8 Å². The van der Waals surface area contributed by atoms with Gasteiger partial charge in [0.05, 0.1) is 18.2 Å². The van der Waals surface area contributed by atoms with Crippen LogP contribution in [-0.4, -0.2) is 38.2 Å². The van der Waals surface area contributed by atoms with Crippen molar-refractivity contribution >= 4 is 23.5 Å². The maximum absolute atomic E-state index is 13.4. The van der Waals surface area contributed by atoms with Crippen LogP contribution in [0.4, 0.5) is 0 Å². The van der Waals surface area contributed by atoms with Crippen LogP contribution in [0.25, 0.3) is 11.3 Å². The van der Waals surface area contributed by atoms with Crippen molar-refractivity contribution in [1.29, 1.82) is 0 Å². The van der Waals surface area contributed by atoms with Gasteiger partial charge < -0.3 is 10.0 Å². The number of carbonyl (C=O) groups excluding carboxylic acids is 1. The molecule has 7 heteroatoms. The summed E-state index contributed by atoms with van der Waals surface area (Å²) >= 11 is 6.03. The highest BCUT2D eigenvalue weighted by Gasteiger charge is 2.33. The number of fused-ring (bicyclic) bond motifs is 1. The second-order valence-corrected chi connectivity index (χ2v) is 9.03. The lowest BCUT2D eigenvalue weighted by molar-refractivity contribution is -0.136. The van der Waals surface area contributed by atoms with Gasteiger partial charge in [-0.15, -0.1) is 0 Å². The van der Waals surface area contributed by atoms with Crippen molar-refractivity contribution in [3.05, 3.63) is 76.4 Å². The lowest BCUT2D eigenvalue weighted by atomic mass is 10.0. The highest BCUT2D eigenvalue weighted by Crippen LogP contribution is 2.30. The van der Waals surface area contributed by atoms with Crippen LogP contribution < -0.4 is 0 Å². The molecule has 4 rings (SSSR count). The molecule has 0 radical (unpaired) electrons. The van der Waals surface area contributed by atoms with Crippen molar-refractivity contribution in [3.8, 4) is 11.3 Å². The minimum absolute atomic E-state index is 0.0291. The molecule has 1 unspecified atom stereocenters. The average Bonchev–Trinajstić information content (AvgIpc) is 3.23. The Kier molecular flexibility index (Phi) is 7.14. The molecule has 3 aromatic rings. The Labute approximate surface area is 198 Å². The lowest BCUT2D eigenvalue weighted by Crippen LogP contribution is -2.42. The fourth-order valence-electron chi connectivity index (χ4n) is 4.38. The second kappa shape index (κ2) is 10.2. The summed E-state index contributed by atoms with van der Waals surface area (Å²) in [5.74, 6) is -0.922. The Morgan fingerprint density at radius 1 is 1.12 bits per heavy atom. The number of unbranched alkanes of at least 4 members (excludes halogenated alkanes) is 2. The van der Waals surface area contributed by atoms with Gasteiger partial charge in [-0.2, -0.15) is 5.10 Å². The van der Waals surface area contributed by atoms with Gasteiger partial charge in [-0.3, -0.25) is 14.3 Å². The molecule has 1 atom stereocenters. The molecule has 0 saturated carbocycles. The monoisotopic (exact) mass is 465 g/mol. The standard InChI is InChI=1S/C26H28ClN3O3/c1-2-3-4-8-22-17-29(16-19-7-5-6-18(13-19)14-25(31)32)26(33)24-15-23(28-30(22)24)20-9-11-21(27)12-10-20/h5-7,9-13,15,22H,2-4,8,14,16-17H2,1H3,(H,31,32). The van der Waals surface area contributed by atoms with Crippen molar-refractivity contribution in [3.63, 3.8) is 0 Å². The van der Waals surface area contributed by atoms with Crippen molar-refractivity contribution in [2.75, 3.05) is 6.54 Å². The lowest BCUT2D eigenvalue weighted by Gasteiger charge is -2.33. The van der Waals surface area contributed by atoms with Gasteiger partial charge in [-0.25, -0.2) is 0 Å². The molecule has 0 bridgehead atoms. The molecular weight excluding hydrogens is 438 g/mol. The van der Waals surface area contributed by atoms with E-state index in [1.54, 1.807) is 6.07 Å². The van der Waals surface area contributed by atoms with E-state index < -0.39 is 5.97 Å². The third-order valence-electron chi connectivity index (χ3n) is 6.02. The first-order valence-electron chi connectivity index (χ1n) is 11.4. The normalized spacial score (nSPS) is 15.5. The highest BCUT2D eigenvalue weighted by atomic mass is 35.5. The van der Waals surface area contributed by atoms with Crippen LogP contribution in [0.1, 0.15) is 60.3 Å². The van der Waals surface area contributed by atoms with Crippen LogP contribution in [0.3, 0.4) is 0 Å². The molecular formula is C26H28ClN3O3. The number of carboxylic acids is 1. The molecule has 0 saturated heterocycles. The van der Waals surface area contributed by atoms with Crippen molar-refractivity contribution in [2.45, 2.75) is 51.6 Å². The molecule has 2 aromatic carbocycles. The number of halogens is 1. The van der Waals surface area contributed by atoms with Gasteiger partial charge in [0.2, 0.25) is 0 Å². The third-order valence-corrected chi connectivity index (χ3v) is 6.27. The maximum atomic E-state index is 13.4. The van der Waals surface area contributed by atoms with Crippen LogP contribution in [0.2, 0.25) is 5.02 Å². The molecule has 1 amide bonds. The van der Waals surface area contributed by atoms with E-state index in [2.05, 4.69) is 6.92 Å². The summed E-state index contributed by atoms with van der Waals surface area (Å²) in [4.78, 5) is 26.4. The number of carboxylic acid groups (broad SMARTS) is 1. The van der Waals surface area contributed by atoms with Gasteiger partial charge >= 0.3 is 5.97 Å². The topological polar surface area (TPSA) is 75.4 Å². The first kappa shape index (κ1) is 23.1. The van der Waals surface area contributed by atoms with Gasteiger partial charge in [0.15, 0.2) is 0 Å². The summed E-state index contributed by atoms with van der Waals surface area (Å²) in [7, 11) is 0. The summed E-state index contributed by atoms with van der Waals surface area (Å²) in [6.45, 7) is 3.21. The SMILES string of the molecule is CCCCCC1CN(Cc2cccc(CC(=O)O)c2)C(=O)c2cc(-c3ccc(Cl)cc3)nn21. The van der Waals surface area contributed by atoms with Crippen LogP contribution in [0, 0.1) is 0 Å². The number of hydrogen-bond donors (Lipinski definition) is 1. The molecule has 0 spiro atoms. The molecule has 6 nitrogen and oxygen atoms in total. The van der Waals surface area contributed by atoms with Crippen molar-refractivity contribution < 1.29 is 14.7 Å². The Morgan fingerprint density at radius 3 is 2.61 bits per heavy atom. The van der Waals surface area contributed by atoms with Crippen LogP contribution in [0.5, 0.6) is 0 Å². The van der Waals surface area contributed by atoms with Gasteiger partial charge in [-0.1, -0.05) is 74.2 Å². The zero-order valence-corrected chi connectivity index (χ0v) is 19.5. The van der Waals surface area contributed by atoms with E-state index in [9.17, 15) is 9.59 Å². The van der Waals surface area contributed by atoms with Crippen LogP contribution >= 0.6 is 11.6 Å². The number of amides is 1. The highest BCUT2D eigenvalue weighted by molar-refractivity contribution is 6.30. The fourth-order valence-corrected chi connectivity index (χ4v) is 4.51. The average molecular weight is 466 g/mol. The minimum atomic E-state index is -0.865. The number of benzene rings is 2. The minimum Gasteiger partial charge on any atom is -0.481 e. The van der Waals surface area contributed by atoms with Crippen LogP contribution in [0.15, 0.2) is 54.6 Å². The molecule has 2 heterocycles. The zero-order chi connectivity index (χ0) is 23.4. The van der Waals surface area contributed by atoms with E-state index in [1.165, 1.54) is 0 Å². The fraction of sp³-hybridized carbons (Fsp3) is 0.346. The van der Waals surface area contributed by atoms with E-state index >= 15 is 0 Å². The summed E-state index contributed by atoms with van der Waals surface area (Å²) in [6, 6.07) is 16.9. The summed E-state index contributed by atoms with van der Waals surface area (Å²) in [6.07, 6.45) is 4.27. The van der Waals surface area contributed by atoms with Gasteiger partial charge in [0.25, 0.3) is 5.91 Å². The predicted molar refractivity (Wildman–Crippen MR) is 128 cm³/mol. The van der Waals surface area contributed by atoms with Crippen molar-refractivity contribution in [1.82, 2.24) is 14.7 Å². The molecule has 172 valence electrons. The smallest absolute Gasteiger partial charge is 0.307 e. The third kappa shape index (κ3) is 5.45. The van der Waals surface area contributed by atoms with Gasteiger partial charge in [0.1, 0.15) is 5.69 Å². The molecule has 1 N–H and O–H groups in total. The quantitative estimate of drug-likeness (QED) is 0.417. The number of nitrogens with zero attached hydrogens (tertiary/aromatic N) is 3. The second-order valence-electron chi connectivity index (χ2n) is 8.59. The Hall–Kier alpha value is -3.12. The van der Waals surface area contributed by atoms with E-state index in [0.717, 1.165) is 48.1 Å². The first-order chi connectivity index (χ1) is 15.9. The molecule has 33 heavy (non-hydrogen) atoms. The molecule has 0 fully saturated rings. The summed E-state index contributed by atoms with van der Waals surface area (Å²) in [5.41, 5.74) is 3.95. The molecule has 1 aromatic heterocycles. The summed E-state index contributed by atoms with van der Waals surface area (Å²) < 4.78 is 1.90. The van der Waals surface area contributed by atoms with E-state index in [1.807, 2.05) is 58.1 Å². The Morgan fingerprint density at radius 2 is 1.88 bits per heavy atom. The number of carbonyl (C=O) groups is 2. The Balaban J connectivity index is 1.62. The number of aromatic nitrogens is 2. The van der Waals surface area contributed by atoms with Gasteiger partial charge in [0, 0.05) is 23.7 Å². The van der Waals surface area contributed by atoms with E-state index in [-0.39, 0.29) is 18.4 Å². The Bertz CT molecular complexity index is 1140. The van der Waals surface area contributed by atoms with Gasteiger partial charge in [-0.05, 0) is 35.7 Å². The molecule has 1 aliphatic rings. The first-order valence-corrected chi connectivity index (χ1v) is 11.8. The maximum Gasteiger partial charge on any atom is 0.307 e. The number of hydrogen-bond acceptors (Lipinski definition) is 3.